The number of thiophene rings is 1. The van der Waals surface area contributed by atoms with E-state index in [2.05, 4.69) is 39.9 Å². The first-order valence-electron chi connectivity index (χ1n) is 7.40. The van der Waals surface area contributed by atoms with Gasteiger partial charge in [0.05, 0.1) is 12.1 Å². The zero-order chi connectivity index (χ0) is 15.8. The van der Waals surface area contributed by atoms with Crippen LogP contribution in [0.2, 0.25) is 0 Å². The smallest absolute Gasteiger partial charge is 0.255 e. The first-order chi connectivity index (χ1) is 9.70. The molecular formula is C16H24N2O2S. The number of hydrogen-bond acceptors (Lipinski definition) is 3. The lowest BCUT2D eigenvalue weighted by atomic mass is 9.93. The van der Waals surface area contributed by atoms with E-state index >= 15 is 0 Å². The van der Waals surface area contributed by atoms with E-state index < -0.39 is 0 Å². The predicted octanol–water partition coefficient (Wildman–Crippen LogP) is 2.74. The molecule has 1 aliphatic rings. The Kier molecular flexibility index (Phi) is 4.42. The summed E-state index contributed by atoms with van der Waals surface area (Å²) in [5.41, 5.74) is 0.807. The predicted molar refractivity (Wildman–Crippen MR) is 86.0 cm³/mol. The minimum Gasteiger partial charge on any atom is -0.353 e. The molecule has 0 saturated carbocycles. The second-order valence-electron chi connectivity index (χ2n) is 6.87. The third-order valence-electron chi connectivity index (χ3n) is 3.58. The Labute approximate surface area is 130 Å². The molecule has 1 aromatic heterocycles. The van der Waals surface area contributed by atoms with Crippen molar-refractivity contribution in [3.63, 3.8) is 0 Å². The zero-order valence-corrected chi connectivity index (χ0v) is 14.3. The van der Waals surface area contributed by atoms with Gasteiger partial charge < -0.3 is 10.2 Å². The van der Waals surface area contributed by atoms with Gasteiger partial charge in [-0.1, -0.05) is 34.6 Å². The molecular weight excluding hydrogens is 284 g/mol. The van der Waals surface area contributed by atoms with Crippen LogP contribution >= 0.6 is 11.3 Å². The molecule has 1 aromatic rings. The molecule has 0 aromatic carbocycles. The van der Waals surface area contributed by atoms with Gasteiger partial charge in [0.1, 0.15) is 0 Å². The first kappa shape index (κ1) is 16.0. The average Bonchev–Trinajstić information content (AvgIpc) is 2.82. The molecule has 0 unspecified atom stereocenters. The van der Waals surface area contributed by atoms with Crippen molar-refractivity contribution in [1.82, 2.24) is 10.2 Å². The van der Waals surface area contributed by atoms with Gasteiger partial charge in [0.2, 0.25) is 5.91 Å². The van der Waals surface area contributed by atoms with Crippen molar-refractivity contribution >= 4 is 23.2 Å². The molecule has 0 bridgehead atoms. The molecule has 2 amide bonds. The van der Waals surface area contributed by atoms with Gasteiger partial charge in [-0.05, 0) is 17.4 Å². The largest absolute Gasteiger partial charge is 0.353 e. The maximum atomic E-state index is 12.8. The summed E-state index contributed by atoms with van der Waals surface area (Å²) in [4.78, 5) is 28.2. The zero-order valence-electron chi connectivity index (χ0n) is 13.4. The van der Waals surface area contributed by atoms with Crippen LogP contribution in [0, 0.1) is 0 Å². The van der Waals surface area contributed by atoms with E-state index in [0.717, 1.165) is 10.4 Å². The van der Waals surface area contributed by atoms with Crippen molar-refractivity contribution < 1.29 is 9.59 Å². The summed E-state index contributed by atoms with van der Waals surface area (Å²) in [6, 6.07) is 2.02. The fourth-order valence-electron chi connectivity index (χ4n) is 2.35. The molecule has 2 heterocycles. The van der Waals surface area contributed by atoms with E-state index in [9.17, 15) is 9.59 Å². The Balaban J connectivity index is 2.35. The highest BCUT2D eigenvalue weighted by Crippen LogP contribution is 2.36. The number of amides is 2. The summed E-state index contributed by atoms with van der Waals surface area (Å²) in [5, 5.41) is 2.75. The van der Waals surface area contributed by atoms with Crippen LogP contribution in [-0.4, -0.2) is 36.3 Å². The summed E-state index contributed by atoms with van der Waals surface area (Å²) in [6.07, 6.45) is 0. The van der Waals surface area contributed by atoms with E-state index in [1.54, 1.807) is 16.2 Å². The lowest BCUT2D eigenvalue weighted by Gasteiger charge is -2.27. The second-order valence-corrected chi connectivity index (χ2v) is 7.95. The van der Waals surface area contributed by atoms with E-state index in [0.29, 0.717) is 19.0 Å². The summed E-state index contributed by atoms with van der Waals surface area (Å²) in [5.74, 6) is 0.218. The van der Waals surface area contributed by atoms with Gasteiger partial charge in [-0.2, -0.15) is 0 Å². The van der Waals surface area contributed by atoms with Crippen LogP contribution in [0.1, 0.15) is 60.6 Å². The van der Waals surface area contributed by atoms with Gasteiger partial charge >= 0.3 is 0 Å². The molecule has 2 rings (SSSR count). The monoisotopic (exact) mass is 308 g/mol. The second kappa shape index (κ2) is 5.79. The molecule has 0 atom stereocenters. The van der Waals surface area contributed by atoms with E-state index in [1.807, 2.05) is 6.07 Å². The molecule has 21 heavy (non-hydrogen) atoms. The molecule has 4 nitrogen and oxygen atoms in total. The van der Waals surface area contributed by atoms with E-state index in [4.69, 9.17) is 0 Å². The molecule has 1 saturated heterocycles. The van der Waals surface area contributed by atoms with Crippen LogP contribution in [0.3, 0.4) is 0 Å². The van der Waals surface area contributed by atoms with Gasteiger partial charge in [-0.3, -0.25) is 9.59 Å². The molecule has 0 radical (unpaired) electrons. The Bertz CT molecular complexity index is 555. The maximum absolute atomic E-state index is 12.8. The Hall–Kier alpha value is -1.36. The summed E-state index contributed by atoms with van der Waals surface area (Å²) >= 11 is 1.72. The van der Waals surface area contributed by atoms with Crippen molar-refractivity contribution in [2.45, 2.75) is 46.0 Å². The lowest BCUT2D eigenvalue weighted by molar-refractivity contribution is -0.123. The quantitative estimate of drug-likeness (QED) is 0.913. The number of nitrogens with zero attached hydrogens (tertiary/aromatic N) is 1. The van der Waals surface area contributed by atoms with Crippen LogP contribution in [0.15, 0.2) is 6.07 Å². The minimum absolute atomic E-state index is 0.0136. The summed E-state index contributed by atoms with van der Waals surface area (Å²) in [7, 11) is 0. The van der Waals surface area contributed by atoms with Gasteiger partial charge in [0.25, 0.3) is 5.91 Å². The number of hydrogen-bond donors (Lipinski definition) is 1. The standard InChI is InChI=1S/C16H24N2O2S/c1-10(2)14-11(8-12(21-14)16(3,4)5)15(20)18-7-6-17-13(19)9-18/h8,10H,6-7,9H2,1-5H3,(H,17,19). The number of rotatable bonds is 2. The number of piperazine rings is 1. The van der Waals surface area contributed by atoms with Crippen molar-refractivity contribution in [2.24, 2.45) is 0 Å². The summed E-state index contributed by atoms with van der Waals surface area (Å²) in [6.45, 7) is 12.0. The van der Waals surface area contributed by atoms with E-state index in [1.165, 1.54) is 4.88 Å². The SMILES string of the molecule is CC(C)c1sc(C(C)(C)C)cc1C(=O)N1CCNC(=O)C1. The Morgan fingerprint density at radius 2 is 2.05 bits per heavy atom. The molecule has 0 spiro atoms. The lowest BCUT2D eigenvalue weighted by Crippen LogP contribution is -2.50. The fraction of sp³-hybridized carbons (Fsp3) is 0.625. The fourth-order valence-corrected chi connectivity index (χ4v) is 3.56. The number of carbonyl (C=O) groups is 2. The highest BCUT2D eigenvalue weighted by Gasteiger charge is 2.28. The number of nitrogens with one attached hydrogen (secondary N) is 1. The van der Waals surface area contributed by atoms with Gasteiger partial charge in [0.15, 0.2) is 0 Å². The van der Waals surface area contributed by atoms with Gasteiger partial charge in [-0.15, -0.1) is 11.3 Å². The normalized spacial score (nSPS) is 16.3. The topological polar surface area (TPSA) is 49.4 Å². The molecule has 1 aliphatic heterocycles. The molecule has 5 heteroatoms. The van der Waals surface area contributed by atoms with Crippen molar-refractivity contribution in [3.8, 4) is 0 Å². The molecule has 0 aliphatic carbocycles. The highest BCUT2D eigenvalue weighted by molar-refractivity contribution is 7.12. The van der Waals surface area contributed by atoms with E-state index in [-0.39, 0.29) is 23.8 Å². The highest BCUT2D eigenvalue weighted by atomic mass is 32.1. The van der Waals surface area contributed by atoms with Gasteiger partial charge in [-0.25, -0.2) is 0 Å². The van der Waals surface area contributed by atoms with Crippen molar-refractivity contribution in [3.05, 3.63) is 21.4 Å². The minimum atomic E-state index is -0.0769. The summed E-state index contributed by atoms with van der Waals surface area (Å²) < 4.78 is 0. The van der Waals surface area contributed by atoms with Crippen LogP contribution in [0.4, 0.5) is 0 Å². The molecule has 1 fully saturated rings. The van der Waals surface area contributed by atoms with Crippen LogP contribution < -0.4 is 5.32 Å². The van der Waals surface area contributed by atoms with Crippen molar-refractivity contribution in [1.29, 1.82) is 0 Å². The average molecular weight is 308 g/mol. The number of carbonyl (C=O) groups excluding carboxylic acids is 2. The third kappa shape index (κ3) is 3.46. The van der Waals surface area contributed by atoms with Gasteiger partial charge in [0, 0.05) is 22.8 Å². The first-order valence-corrected chi connectivity index (χ1v) is 8.22. The molecule has 116 valence electrons. The van der Waals surface area contributed by atoms with Crippen LogP contribution in [0.25, 0.3) is 0 Å². The van der Waals surface area contributed by atoms with Crippen LogP contribution in [0.5, 0.6) is 0 Å². The maximum Gasteiger partial charge on any atom is 0.255 e. The Morgan fingerprint density at radius 1 is 1.38 bits per heavy atom. The Morgan fingerprint density at radius 3 is 2.57 bits per heavy atom. The third-order valence-corrected chi connectivity index (χ3v) is 5.44. The van der Waals surface area contributed by atoms with Crippen LogP contribution in [-0.2, 0) is 10.2 Å². The molecule has 1 N–H and O–H groups in total. The van der Waals surface area contributed by atoms with Crippen molar-refractivity contribution in [2.75, 3.05) is 19.6 Å².